The van der Waals surface area contributed by atoms with Gasteiger partial charge in [-0.05, 0) is 37.5 Å². The molecule has 7 heteroatoms. The van der Waals surface area contributed by atoms with Gasteiger partial charge in [-0.2, -0.15) is 0 Å². The molecule has 0 radical (unpaired) electrons. The zero-order valence-electron chi connectivity index (χ0n) is 15.1. The van der Waals surface area contributed by atoms with Crippen LogP contribution >= 0.6 is 11.6 Å². The van der Waals surface area contributed by atoms with E-state index in [0.717, 1.165) is 17.8 Å². The molecular formula is C19H22ClN3O3. The molecule has 1 aliphatic heterocycles. The Hall–Kier alpha value is -2.34. The van der Waals surface area contributed by atoms with Crippen LogP contribution in [-0.2, 0) is 11.2 Å². The summed E-state index contributed by atoms with van der Waals surface area (Å²) >= 11 is 6.02. The lowest BCUT2D eigenvalue weighted by molar-refractivity contribution is -0.121. The third-order valence-corrected chi connectivity index (χ3v) is 4.59. The quantitative estimate of drug-likeness (QED) is 0.821. The molecule has 1 atom stereocenters. The Labute approximate surface area is 157 Å². The SMILES string of the molecule is CC(C)Cc1cc(C(=O)N2CC(=O)N(c3cccc(Cl)c3)C[C@H]2C)on1. The van der Waals surface area contributed by atoms with Crippen LogP contribution in [0.2, 0.25) is 5.02 Å². The normalized spacial score (nSPS) is 17.9. The van der Waals surface area contributed by atoms with Crippen LogP contribution in [-0.4, -0.2) is 41.0 Å². The van der Waals surface area contributed by atoms with Gasteiger partial charge in [0.2, 0.25) is 11.7 Å². The molecule has 3 rings (SSSR count). The Morgan fingerprint density at radius 3 is 2.85 bits per heavy atom. The average molecular weight is 376 g/mol. The van der Waals surface area contributed by atoms with E-state index in [1.165, 1.54) is 4.90 Å². The fraction of sp³-hybridized carbons (Fsp3) is 0.421. The zero-order valence-corrected chi connectivity index (χ0v) is 15.9. The molecule has 0 spiro atoms. The summed E-state index contributed by atoms with van der Waals surface area (Å²) in [7, 11) is 0. The lowest BCUT2D eigenvalue weighted by Gasteiger charge is -2.38. The molecule has 1 aromatic heterocycles. The minimum atomic E-state index is -0.306. The predicted molar refractivity (Wildman–Crippen MR) is 99.3 cm³/mol. The molecule has 2 heterocycles. The summed E-state index contributed by atoms with van der Waals surface area (Å²) < 4.78 is 5.21. The summed E-state index contributed by atoms with van der Waals surface area (Å²) in [6, 6.07) is 8.66. The number of benzene rings is 1. The first-order chi connectivity index (χ1) is 12.3. The van der Waals surface area contributed by atoms with Crippen LogP contribution in [0.1, 0.15) is 37.0 Å². The zero-order chi connectivity index (χ0) is 18.8. The largest absolute Gasteiger partial charge is 0.351 e. The van der Waals surface area contributed by atoms with Gasteiger partial charge in [-0.3, -0.25) is 9.59 Å². The maximum Gasteiger partial charge on any atom is 0.293 e. The van der Waals surface area contributed by atoms with E-state index in [-0.39, 0.29) is 30.2 Å². The van der Waals surface area contributed by atoms with Crippen molar-refractivity contribution >= 4 is 29.1 Å². The first-order valence-electron chi connectivity index (χ1n) is 8.67. The topological polar surface area (TPSA) is 66.7 Å². The van der Waals surface area contributed by atoms with E-state index in [1.54, 1.807) is 29.2 Å². The number of halogens is 1. The van der Waals surface area contributed by atoms with E-state index in [4.69, 9.17) is 16.1 Å². The summed E-state index contributed by atoms with van der Waals surface area (Å²) in [5.41, 5.74) is 1.49. The molecule has 0 bridgehead atoms. The summed E-state index contributed by atoms with van der Waals surface area (Å²) in [5.74, 6) is 0.140. The molecule has 1 aliphatic rings. The maximum absolute atomic E-state index is 12.8. The molecule has 0 unspecified atom stereocenters. The third-order valence-electron chi connectivity index (χ3n) is 4.35. The number of amides is 2. The molecule has 0 N–H and O–H groups in total. The second-order valence-electron chi connectivity index (χ2n) is 7.05. The first kappa shape index (κ1) is 18.5. The van der Waals surface area contributed by atoms with Crippen LogP contribution in [0, 0.1) is 5.92 Å². The van der Waals surface area contributed by atoms with E-state index in [1.807, 2.05) is 13.0 Å². The van der Waals surface area contributed by atoms with Gasteiger partial charge in [-0.15, -0.1) is 0 Å². The van der Waals surface area contributed by atoms with Gasteiger partial charge in [0.25, 0.3) is 5.91 Å². The van der Waals surface area contributed by atoms with Gasteiger partial charge >= 0.3 is 0 Å². The highest BCUT2D eigenvalue weighted by Crippen LogP contribution is 2.24. The van der Waals surface area contributed by atoms with Crippen molar-refractivity contribution in [3.8, 4) is 0 Å². The van der Waals surface area contributed by atoms with Crippen LogP contribution in [0.3, 0.4) is 0 Å². The van der Waals surface area contributed by atoms with E-state index in [9.17, 15) is 9.59 Å². The number of piperazine rings is 1. The smallest absolute Gasteiger partial charge is 0.293 e. The fourth-order valence-electron chi connectivity index (χ4n) is 3.09. The number of carbonyl (C=O) groups excluding carboxylic acids is 2. The predicted octanol–water partition coefficient (Wildman–Crippen LogP) is 3.40. The van der Waals surface area contributed by atoms with Crippen LogP contribution in [0.15, 0.2) is 34.9 Å². The van der Waals surface area contributed by atoms with Gasteiger partial charge < -0.3 is 14.3 Å². The number of rotatable bonds is 4. The van der Waals surface area contributed by atoms with E-state index < -0.39 is 0 Å². The molecule has 2 amide bonds. The van der Waals surface area contributed by atoms with Crippen molar-refractivity contribution in [2.24, 2.45) is 5.92 Å². The van der Waals surface area contributed by atoms with Crippen molar-refractivity contribution in [1.82, 2.24) is 10.1 Å². The minimum absolute atomic E-state index is 0.00722. The van der Waals surface area contributed by atoms with Gasteiger partial charge in [0.05, 0.1) is 5.69 Å². The van der Waals surface area contributed by atoms with Crippen LogP contribution in [0.4, 0.5) is 5.69 Å². The Morgan fingerprint density at radius 2 is 2.15 bits per heavy atom. The third kappa shape index (κ3) is 3.90. The van der Waals surface area contributed by atoms with E-state index in [2.05, 4.69) is 19.0 Å². The van der Waals surface area contributed by atoms with Gasteiger partial charge in [-0.1, -0.05) is 36.7 Å². The average Bonchev–Trinajstić information content (AvgIpc) is 3.03. The first-order valence-corrected chi connectivity index (χ1v) is 9.05. The molecule has 1 fully saturated rings. The van der Waals surface area contributed by atoms with Crippen molar-refractivity contribution in [3.63, 3.8) is 0 Å². The number of nitrogens with zero attached hydrogens (tertiary/aromatic N) is 3. The molecule has 6 nitrogen and oxygen atoms in total. The lowest BCUT2D eigenvalue weighted by atomic mass is 10.1. The van der Waals surface area contributed by atoms with E-state index >= 15 is 0 Å². The van der Waals surface area contributed by atoms with Gasteiger partial charge in [0.1, 0.15) is 6.54 Å². The minimum Gasteiger partial charge on any atom is -0.351 e. The standard InChI is InChI=1S/C19H22ClN3O3/c1-12(2)7-15-9-17(26-21-15)19(25)22-11-18(24)23(10-13(22)3)16-6-4-5-14(20)8-16/h4-6,8-9,12-13H,7,10-11H2,1-3H3/t13-/m1/s1. The number of carbonyl (C=O) groups is 2. The Kier molecular flexibility index (Phi) is 5.32. The summed E-state index contributed by atoms with van der Waals surface area (Å²) in [6.07, 6.45) is 0.744. The molecule has 0 aliphatic carbocycles. The van der Waals surface area contributed by atoms with E-state index in [0.29, 0.717) is 17.5 Å². The summed E-state index contributed by atoms with van der Waals surface area (Å²) in [6.45, 7) is 6.45. The van der Waals surface area contributed by atoms with Crippen molar-refractivity contribution in [1.29, 1.82) is 0 Å². The van der Waals surface area contributed by atoms with Crippen LogP contribution in [0.5, 0.6) is 0 Å². The summed E-state index contributed by atoms with van der Waals surface area (Å²) in [4.78, 5) is 28.5. The highest BCUT2D eigenvalue weighted by Gasteiger charge is 2.35. The van der Waals surface area contributed by atoms with Crippen molar-refractivity contribution in [2.75, 3.05) is 18.0 Å². The molecule has 138 valence electrons. The van der Waals surface area contributed by atoms with Gasteiger partial charge in [0.15, 0.2) is 0 Å². The number of anilines is 1. The molecule has 1 saturated heterocycles. The molecule has 0 saturated carbocycles. The second kappa shape index (κ2) is 7.50. The Balaban J connectivity index is 1.74. The number of aromatic nitrogens is 1. The highest BCUT2D eigenvalue weighted by molar-refractivity contribution is 6.30. The second-order valence-corrected chi connectivity index (χ2v) is 7.48. The summed E-state index contributed by atoms with van der Waals surface area (Å²) in [5, 5.41) is 4.53. The number of hydrogen-bond donors (Lipinski definition) is 0. The number of hydrogen-bond acceptors (Lipinski definition) is 4. The Bertz CT molecular complexity index is 818. The van der Waals surface area contributed by atoms with Gasteiger partial charge in [-0.25, -0.2) is 0 Å². The molecule has 26 heavy (non-hydrogen) atoms. The Morgan fingerprint density at radius 1 is 1.38 bits per heavy atom. The fourth-order valence-corrected chi connectivity index (χ4v) is 3.27. The maximum atomic E-state index is 12.8. The van der Waals surface area contributed by atoms with Crippen molar-refractivity contribution < 1.29 is 14.1 Å². The lowest BCUT2D eigenvalue weighted by Crippen LogP contribution is -2.57. The van der Waals surface area contributed by atoms with Crippen LogP contribution < -0.4 is 4.90 Å². The van der Waals surface area contributed by atoms with Crippen LogP contribution in [0.25, 0.3) is 0 Å². The van der Waals surface area contributed by atoms with Crippen molar-refractivity contribution in [3.05, 3.63) is 46.8 Å². The molecule has 2 aromatic rings. The van der Waals surface area contributed by atoms with Gasteiger partial charge in [0, 0.05) is 29.4 Å². The highest BCUT2D eigenvalue weighted by atomic mass is 35.5. The van der Waals surface area contributed by atoms with Crippen molar-refractivity contribution in [2.45, 2.75) is 33.2 Å². The monoisotopic (exact) mass is 375 g/mol. The molecular weight excluding hydrogens is 354 g/mol. The molecule has 1 aromatic carbocycles.